The summed E-state index contributed by atoms with van der Waals surface area (Å²) in [5, 5.41) is 3.13. The molecule has 12 heavy (non-hydrogen) atoms. The summed E-state index contributed by atoms with van der Waals surface area (Å²) in [6, 6.07) is 0.529. The van der Waals surface area contributed by atoms with Gasteiger partial charge in [-0.1, -0.05) is 0 Å². The third-order valence-corrected chi connectivity index (χ3v) is 3.31. The van der Waals surface area contributed by atoms with Crippen LogP contribution < -0.4 is 5.32 Å². The molecule has 4 nitrogen and oxygen atoms in total. The van der Waals surface area contributed by atoms with Crippen molar-refractivity contribution in [2.75, 3.05) is 6.54 Å². The van der Waals surface area contributed by atoms with Crippen molar-refractivity contribution in [1.82, 2.24) is 5.32 Å². The van der Waals surface area contributed by atoms with E-state index in [1.54, 1.807) is 0 Å². The summed E-state index contributed by atoms with van der Waals surface area (Å²) in [4.78, 5) is 3.98. The Bertz CT molecular complexity index is 338. The van der Waals surface area contributed by atoms with Crippen LogP contribution in [0, 0.1) is 0 Å². The largest absolute Gasteiger partial charge is 0.309 e. The van der Waals surface area contributed by atoms with Crippen molar-refractivity contribution in [1.29, 1.82) is 0 Å². The fourth-order valence-corrected chi connectivity index (χ4v) is 1.86. The smallest absolute Gasteiger partial charge is 0.215 e. The Morgan fingerprint density at radius 2 is 2.33 bits per heavy atom. The minimum Gasteiger partial charge on any atom is -0.309 e. The van der Waals surface area contributed by atoms with Crippen LogP contribution in [0.25, 0.3) is 0 Å². The lowest BCUT2D eigenvalue weighted by Crippen LogP contribution is -2.22. The van der Waals surface area contributed by atoms with E-state index in [9.17, 15) is 8.42 Å². The molecule has 2 aliphatic rings. The second-order valence-electron chi connectivity index (χ2n) is 3.05. The van der Waals surface area contributed by atoms with Gasteiger partial charge in [0.25, 0.3) is 0 Å². The highest BCUT2D eigenvalue weighted by Gasteiger charge is 2.24. The molecule has 1 saturated carbocycles. The molecule has 0 saturated heterocycles. The zero-order valence-corrected chi connectivity index (χ0v) is 7.34. The van der Waals surface area contributed by atoms with Crippen LogP contribution >= 0.6 is 0 Å². The number of hydrogen-bond donors (Lipinski definition) is 1. The highest BCUT2D eigenvalue weighted by molar-refractivity contribution is 8.08. The number of rotatable bonds is 3. The Kier molecular flexibility index (Phi) is 1.77. The summed E-state index contributed by atoms with van der Waals surface area (Å²) in [5.74, 6) is 0. The molecular weight excluding hydrogens is 176 g/mol. The molecule has 1 heterocycles. The van der Waals surface area contributed by atoms with Crippen molar-refractivity contribution in [2.45, 2.75) is 18.9 Å². The molecular formula is C7H10N2O2S. The fraction of sp³-hybridized carbons (Fsp3) is 0.571. The molecule has 1 aliphatic heterocycles. The van der Waals surface area contributed by atoms with E-state index in [4.69, 9.17) is 0 Å². The normalized spacial score (nSPS) is 25.8. The molecule has 0 aromatic heterocycles. The maximum absolute atomic E-state index is 11.1. The second kappa shape index (κ2) is 2.67. The first-order valence-electron chi connectivity index (χ1n) is 3.89. The molecule has 0 unspecified atom stereocenters. The molecule has 0 aromatic rings. The molecule has 5 heteroatoms. The lowest BCUT2D eigenvalue weighted by molar-refractivity contribution is 0.610. The van der Waals surface area contributed by atoms with E-state index in [0.29, 0.717) is 17.5 Å². The topological polar surface area (TPSA) is 58.5 Å². The first-order valence-corrected chi connectivity index (χ1v) is 5.44. The summed E-state index contributed by atoms with van der Waals surface area (Å²) < 4.78 is 22.3. The van der Waals surface area contributed by atoms with Crippen LogP contribution in [-0.2, 0) is 9.84 Å². The zero-order chi connectivity index (χ0) is 8.60. The molecule has 2 rings (SSSR count). The van der Waals surface area contributed by atoms with Crippen molar-refractivity contribution in [3.63, 3.8) is 0 Å². The molecule has 0 spiro atoms. The Labute approximate surface area is 71.3 Å². The highest BCUT2D eigenvalue weighted by Crippen LogP contribution is 2.20. The van der Waals surface area contributed by atoms with Crippen LogP contribution in [-0.4, -0.2) is 26.6 Å². The third-order valence-electron chi connectivity index (χ3n) is 1.93. The molecule has 0 radical (unpaired) electrons. The second-order valence-corrected chi connectivity index (χ2v) is 4.88. The van der Waals surface area contributed by atoms with Crippen molar-refractivity contribution in [3.8, 4) is 0 Å². The van der Waals surface area contributed by atoms with Crippen LogP contribution in [0.5, 0.6) is 0 Å². The number of sulfone groups is 1. The summed E-state index contributed by atoms with van der Waals surface area (Å²) in [6.07, 6.45) is 3.73. The monoisotopic (exact) mass is 186 g/mol. The summed E-state index contributed by atoms with van der Waals surface area (Å²) >= 11 is 0. The van der Waals surface area contributed by atoms with Gasteiger partial charge >= 0.3 is 0 Å². The van der Waals surface area contributed by atoms with Crippen molar-refractivity contribution in [2.24, 2.45) is 4.99 Å². The fourth-order valence-electron chi connectivity index (χ4n) is 1.01. The van der Waals surface area contributed by atoms with E-state index in [2.05, 4.69) is 10.3 Å². The minimum atomic E-state index is -3.15. The van der Waals surface area contributed by atoms with Gasteiger partial charge in [0.15, 0.2) is 0 Å². The van der Waals surface area contributed by atoms with Crippen LogP contribution in [0.4, 0.5) is 0 Å². The molecule has 1 aliphatic carbocycles. The van der Waals surface area contributed by atoms with Crippen LogP contribution in [0.2, 0.25) is 0 Å². The third kappa shape index (κ3) is 1.56. The summed E-state index contributed by atoms with van der Waals surface area (Å²) in [5.41, 5.74) is 0.997. The first-order chi connectivity index (χ1) is 5.68. The SMILES string of the molecule is O=S1(=O)C=NC=C1CNC1CC1. The van der Waals surface area contributed by atoms with E-state index in [1.165, 1.54) is 6.20 Å². The van der Waals surface area contributed by atoms with Gasteiger partial charge in [-0.25, -0.2) is 8.42 Å². The quantitative estimate of drug-likeness (QED) is 0.676. The minimum absolute atomic E-state index is 0.384. The van der Waals surface area contributed by atoms with Crippen LogP contribution in [0.3, 0.4) is 0 Å². The van der Waals surface area contributed by atoms with E-state index < -0.39 is 9.84 Å². The van der Waals surface area contributed by atoms with E-state index in [0.717, 1.165) is 18.4 Å². The number of hydrogen-bond acceptors (Lipinski definition) is 4. The maximum Gasteiger partial charge on any atom is 0.215 e. The lowest BCUT2D eigenvalue weighted by atomic mass is 10.5. The number of nitrogens with zero attached hydrogens (tertiary/aromatic N) is 1. The van der Waals surface area contributed by atoms with Gasteiger partial charge in [0.2, 0.25) is 9.84 Å². The Morgan fingerprint density at radius 3 is 2.83 bits per heavy atom. The Hall–Kier alpha value is -0.680. The van der Waals surface area contributed by atoms with E-state index >= 15 is 0 Å². The van der Waals surface area contributed by atoms with Crippen molar-refractivity contribution in [3.05, 3.63) is 11.1 Å². The number of nitrogens with one attached hydrogen (secondary N) is 1. The predicted octanol–water partition coefficient (Wildman–Crippen LogP) is 0.0365. The van der Waals surface area contributed by atoms with Crippen molar-refractivity contribution >= 4 is 15.4 Å². The van der Waals surface area contributed by atoms with Gasteiger partial charge in [-0.05, 0) is 12.8 Å². The zero-order valence-electron chi connectivity index (χ0n) is 6.53. The standard InChI is InChI=1S/C7H10N2O2S/c10-12(11)5-8-3-7(12)4-9-6-1-2-6/h3,5-6,9H,1-2,4H2. The van der Waals surface area contributed by atoms with Gasteiger partial charge < -0.3 is 5.32 Å². The van der Waals surface area contributed by atoms with Crippen LogP contribution in [0.15, 0.2) is 16.1 Å². The van der Waals surface area contributed by atoms with Gasteiger partial charge in [-0.15, -0.1) is 0 Å². The van der Waals surface area contributed by atoms with Gasteiger partial charge in [0.1, 0.15) is 5.55 Å². The molecule has 0 amide bonds. The van der Waals surface area contributed by atoms with Crippen LogP contribution in [0.1, 0.15) is 12.8 Å². The predicted molar refractivity (Wildman–Crippen MR) is 46.5 cm³/mol. The van der Waals surface area contributed by atoms with Gasteiger partial charge in [-0.3, -0.25) is 4.99 Å². The average Bonchev–Trinajstić information content (AvgIpc) is 2.74. The highest BCUT2D eigenvalue weighted by atomic mass is 32.2. The molecule has 1 fully saturated rings. The van der Waals surface area contributed by atoms with Gasteiger partial charge in [0, 0.05) is 18.8 Å². The van der Waals surface area contributed by atoms with Gasteiger partial charge in [0.05, 0.1) is 4.91 Å². The molecule has 1 N–H and O–H groups in total. The van der Waals surface area contributed by atoms with Crippen molar-refractivity contribution < 1.29 is 8.42 Å². The van der Waals surface area contributed by atoms with E-state index in [-0.39, 0.29) is 0 Å². The molecule has 0 bridgehead atoms. The maximum atomic E-state index is 11.1. The van der Waals surface area contributed by atoms with E-state index in [1.807, 2.05) is 0 Å². The summed E-state index contributed by atoms with van der Waals surface area (Å²) in [6.45, 7) is 0.424. The molecule has 0 atom stereocenters. The number of aliphatic imine (C=N–C) groups is 1. The summed E-state index contributed by atoms with van der Waals surface area (Å²) in [7, 11) is -3.15. The molecule has 0 aromatic carbocycles. The Balaban J connectivity index is 1.96. The average molecular weight is 186 g/mol. The van der Waals surface area contributed by atoms with Gasteiger partial charge in [-0.2, -0.15) is 0 Å². The first kappa shape index (κ1) is 7.94. The Morgan fingerprint density at radius 1 is 1.58 bits per heavy atom. The molecule has 66 valence electrons. The lowest BCUT2D eigenvalue weighted by Gasteiger charge is -2.01.